The molecule has 252 valence electrons. The first kappa shape index (κ1) is 34.1. The lowest BCUT2D eigenvalue weighted by Gasteiger charge is -2.31. The molecule has 2 heterocycles. The summed E-state index contributed by atoms with van der Waals surface area (Å²) < 4.78 is 37.8. The van der Waals surface area contributed by atoms with Crippen LogP contribution in [0.4, 0.5) is 16.2 Å². The van der Waals surface area contributed by atoms with Crippen LogP contribution in [0.5, 0.6) is 0 Å². The van der Waals surface area contributed by atoms with Gasteiger partial charge in [0.1, 0.15) is 12.2 Å². The first-order valence-electron chi connectivity index (χ1n) is 15.3. The number of fused-ring (bicyclic) bond motifs is 4. The fourth-order valence-electron chi connectivity index (χ4n) is 5.98. The number of carbonyl (C=O) groups excluding carboxylic acids is 3. The third kappa shape index (κ3) is 7.17. The SMILES string of the molecule is CN1C(=O)C(=C/C=C/C=C2/Sc3cc(NC(=O)OCC4c5ccccc5-c5ccccc54)ccc3N2CCCS(=O)(=O)O)C(=O)N(C)C1=S. The Labute approximate surface area is 293 Å². The summed E-state index contributed by atoms with van der Waals surface area (Å²) in [6.45, 7) is 0.455. The van der Waals surface area contributed by atoms with Gasteiger partial charge in [-0.2, -0.15) is 8.42 Å². The highest BCUT2D eigenvalue weighted by molar-refractivity contribution is 8.03. The maximum absolute atomic E-state index is 12.9. The molecule has 3 amide bonds. The van der Waals surface area contributed by atoms with Gasteiger partial charge in [0, 0.05) is 37.1 Å². The summed E-state index contributed by atoms with van der Waals surface area (Å²) in [4.78, 5) is 43.3. The molecule has 0 aromatic heterocycles. The van der Waals surface area contributed by atoms with Crippen molar-refractivity contribution in [3.63, 3.8) is 0 Å². The van der Waals surface area contributed by atoms with Crippen LogP contribution in [0.3, 0.4) is 0 Å². The highest BCUT2D eigenvalue weighted by Crippen LogP contribution is 2.47. The Morgan fingerprint density at radius 1 is 0.959 bits per heavy atom. The number of nitrogens with zero attached hydrogens (tertiary/aromatic N) is 3. The fourth-order valence-corrected chi connectivity index (χ4v) is 7.78. The number of hydrogen-bond acceptors (Lipinski definition) is 9. The molecular weight excluding hydrogens is 685 g/mol. The van der Waals surface area contributed by atoms with Crippen LogP contribution in [0.2, 0.25) is 0 Å². The Hall–Kier alpha value is -4.76. The number of nitrogens with one attached hydrogen (secondary N) is 1. The van der Waals surface area contributed by atoms with Gasteiger partial charge in [-0.15, -0.1) is 0 Å². The summed E-state index contributed by atoms with van der Waals surface area (Å²) in [5.74, 6) is -1.49. The number of thioether (sulfide) groups is 1. The largest absolute Gasteiger partial charge is 0.448 e. The number of hydrogen-bond donors (Lipinski definition) is 2. The first-order valence-corrected chi connectivity index (χ1v) is 18.1. The Morgan fingerprint density at radius 2 is 1.57 bits per heavy atom. The van der Waals surface area contributed by atoms with Gasteiger partial charge in [-0.05, 0) is 71.2 Å². The third-order valence-corrected chi connectivity index (χ3v) is 10.8. The van der Waals surface area contributed by atoms with Gasteiger partial charge >= 0.3 is 6.09 Å². The quantitative estimate of drug-likeness (QED) is 0.122. The Kier molecular flexibility index (Phi) is 9.75. The van der Waals surface area contributed by atoms with Gasteiger partial charge in [-0.25, -0.2) is 4.79 Å². The Balaban J connectivity index is 1.16. The summed E-state index contributed by atoms with van der Waals surface area (Å²) in [6, 6.07) is 21.6. The number of ether oxygens (including phenoxy) is 1. The lowest BCUT2D eigenvalue weighted by molar-refractivity contribution is -0.132. The van der Waals surface area contributed by atoms with Crippen molar-refractivity contribution < 1.29 is 32.1 Å². The minimum absolute atomic E-state index is 0.0374. The van der Waals surface area contributed by atoms with Crippen molar-refractivity contribution in [2.75, 3.05) is 43.2 Å². The van der Waals surface area contributed by atoms with E-state index in [0.29, 0.717) is 5.69 Å². The Bertz CT molecular complexity index is 2000. The molecule has 0 spiro atoms. The van der Waals surface area contributed by atoms with Gasteiger partial charge in [-0.3, -0.25) is 29.3 Å². The van der Waals surface area contributed by atoms with Crippen LogP contribution in [0.1, 0.15) is 23.5 Å². The van der Waals surface area contributed by atoms with Crippen molar-refractivity contribution in [2.45, 2.75) is 17.2 Å². The van der Waals surface area contributed by atoms with Gasteiger partial charge in [-0.1, -0.05) is 72.4 Å². The van der Waals surface area contributed by atoms with Crippen LogP contribution < -0.4 is 10.2 Å². The molecule has 0 unspecified atom stereocenters. The smallest absolute Gasteiger partial charge is 0.411 e. The average Bonchev–Trinajstić information content (AvgIpc) is 3.59. The van der Waals surface area contributed by atoms with Crippen LogP contribution in [-0.2, 0) is 24.4 Å². The predicted molar refractivity (Wildman–Crippen MR) is 193 cm³/mol. The predicted octanol–water partition coefficient (Wildman–Crippen LogP) is 5.78. The normalized spacial score (nSPS) is 16.8. The van der Waals surface area contributed by atoms with E-state index in [1.165, 1.54) is 41.7 Å². The molecule has 3 aliphatic rings. The van der Waals surface area contributed by atoms with Crippen LogP contribution in [0.15, 0.2) is 107 Å². The minimum atomic E-state index is -4.15. The molecule has 0 radical (unpaired) electrons. The highest BCUT2D eigenvalue weighted by atomic mass is 32.2. The van der Waals surface area contributed by atoms with E-state index in [-0.39, 0.29) is 36.2 Å². The maximum atomic E-state index is 12.9. The number of allylic oxidation sites excluding steroid dienone is 4. The highest BCUT2D eigenvalue weighted by Gasteiger charge is 2.35. The number of anilines is 2. The molecule has 0 atom stereocenters. The summed E-state index contributed by atoms with van der Waals surface area (Å²) in [5.41, 5.74) is 5.77. The molecule has 3 aromatic carbocycles. The zero-order valence-electron chi connectivity index (χ0n) is 26.5. The summed E-state index contributed by atoms with van der Waals surface area (Å²) in [7, 11) is -1.15. The molecule has 1 saturated heterocycles. The molecule has 6 rings (SSSR count). The van der Waals surface area contributed by atoms with Crippen LogP contribution >= 0.6 is 24.0 Å². The van der Waals surface area contributed by atoms with Crippen LogP contribution in [0, 0.1) is 0 Å². The number of benzene rings is 3. The topological polar surface area (TPSA) is 137 Å². The van der Waals surface area contributed by atoms with Crippen molar-refractivity contribution in [3.8, 4) is 11.1 Å². The molecule has 14 heteroatoms. The number of thiocarbonyl (C=S) groups is 1. The minimum Gasteiger partial charge on any atom is -0.448 e. The second-order valence-electron chi connectivity index (χ2n) is 11.5. The van der Waals surface area contributed by atoms with Crippen molar-refractivity contribution in [1.82, 2.24) is 9.80 Å². The molecule has 1 fully saturated rings. The summed E-state index contributed by atoms with van der Waals surface area (Å²) in [5, 5.41) is 3.66. The molecule has 2 aliphatic heterocycles. The lowest BCUT2D eigenvalue weighted by atomic mass is 9.98. The van der Waals surface area contributed by atoms with Gasteiger partial charge < -0.3 is 9.64 Å². The lowest BCUT2D eigenvalue weighted by Crippen LogP contribution is -2.52. The van der Waals surface area contributed by atoms with E-state index in [0.717, 1.165) is 37.9 Å². The van der Waals surface area contributed by atoms with E-state index in [1.807, 2.05) is 35.2 Å². The monoisotopic (exact) mass is 716 g/mol. The molecular formula is C35H32N4O7S3. The summed E-state index contributed by atoms with van der Waals surface area (Å²) >= 11 is 6.52. The summed E-state index contributed by atoms with van der Waals surface area (Å²) in [6.07, 6.45) is 5.99. The second kappa shape index (κ2) is 14.0. The van der Waals surface area contributed by atoms with Gasteiger partial charge in [0.05, 0.1) is 16.5 Å². The zero-order valence-corrected chi connectivity index (χ0v) is 29.0. The van der Waals surface area contributed by atoms with Crippen molar-refractivity contribution in [1.29, 1.82) is 0 Å². The number of carbonyl (C=O) groups is 3. The molecule has 2 N–H and O–H groups in total. The molecule has 0 saturated carbocycles. The van der Waals surface area contributed by atoms with E-state index < -0.39 is 33.8 Å². The zero-order chi connectivity index (χ0) is 34.9. The average molecular weight is 717 g/mol. The Morgan fingerprint density at radius 3 is 2.20 bits per heavy atom. The van der Waals surface area contributed by atoms with Gasteiger partial charge in [0.15, 0.2) is 5.11 Å². The van der Waals surface area contributed by atoms with E-state index >= 15 is 0 Å². The van der Waals surface area contributed by atoms with Crippen LogP contribution in [-0.4, -0.2) is 78.8 Å². The van der Waals surface area contributed by atoms with Crippen LogP contribution in [0.25, 0.3) is 11.1 Å². The number of likely N-dealkylation sites (N-methyl/N-ethyl adjacent to an activating group) is 2. The van der Waals surface area contributed by atoms with Crippen molar-refractivity contribution in [2.24, 2.45) is 0 Å². The van der Waals surface area contributed by atoms with E-state index in [9.17, 15) is 27.4 Å². The van der Waals surface area contributed by atoms with Gasteiger partial charge in [0.2, 0.25) is 0 Å². The first-order chi connectivity index (χ1) is 23.4. The molecule has 3 aromatic rings. The van der Waals surface area contributed by atoms with E-state index in [1.54, 1.807) is 30.4 Å². The second-order valence-corrected chi connectivity index (χ2v) is 14.5. The molecule has 11 nitrogen and oxygen atoms in total. The number of amides is 3. The van der Waals surface area contributed by atoms with Crippen molar-refractivity contribution in [3.05, 3.63) is 113 Å². The third-order valence-electron chi connectivity index (χ3n) is 8.36. The molecule has 1 aliphatic carbocycles. The van der Waals surface area contributed by atoms with E-state index in [4.69, 9.17) is 17.0 Å². The maximum Gasteiger partial charge on any atom is 0.411 e. The standard InChI is InChI=1S/C35H32N4O7S3/c1-37-32(40)27(33(41)38(2)35(37)47)14-7-8-15-31-39(18-9-19-49(43,44)45)29-17-16-22(20-30(29)48-31)36-34(42)46-21-28-25-12-5-3-10-23(25)24-11-4-6-13-26(24)28/h3-8,10-17,20,28H,9,18-19,21H2,1-2H3,(H,36,42)(H,43,44,45)/b8-7+,31-15+. The van der Waals surface area contributed by atoms with Gasteiger partial charge in [0.25, 0.3) is 21.9 Å². The molecule has 49 heavy (non-hydrogen) atoms. The van der Waals surface area contributed by atoms with E-state index in [2.05, 4.69) is 29.6 Å². The number of rotatable bonds is 9. The van der Waals surface area contributed by atoms with Crippen molar-refractivity contribution >= 4 is 68.5 Å². The molecule has 0 bridgehead atoms. The fraction of sp³-hybridized carbons (Fsp3) is 0.200.